The Kier molecular flexibility index (Phi) is 9.80. The summed E-state index contributed by atoms with van der Waals surface area (Å²) in [6, 6.07) is 9.63. The number of aliphatic hydroxyl groups is 2. The van der Waals surface area contributed by atoms with E-state index in [0.29, 0.717) is 58.4 Å². The summed E-state index contributed by atoms with van der Waals surface area (Å²) in [7, 11) is 0. The Balaban J connectivity index is 1.16. The number of hydrogen-bond acceptors (Lipinski definition) is 10. The molecule has 2 aromatic heterocycles. The van der Waals surface area contributed by atoms with Crippen LogP contribution in [0.4, 0.5) is 5.95 Å². The normalized spacial score (nSPS) is 21.3. The molecule has 0 aliphatic carbocycles. The van der Waals surface area contributed by atoms with Gasteiger partial charge in [-0.2, -0.15) is 0 Å². The summed E-state index contributed by atoms with van der Waals surface area (Å²) in [6.45, 7) is 5.81. The molecule has 3 saturated heterocycles. The second-order valence-corrected chi connectivity index (χ2v) is 12.7. The maximum atomic E-state index is 11.4. The molecule has 2 unspecified atom stereocenters. The second kappa shape index (κ2) is 13.9. The molecule has 0 bridgehead atoms. The van der Waals surface area contributed by atoms with Crippen LogP contribution >= 0.6 is 23.2 Å². The number of aromatic nitrogens is 3. The monoisotopic (exact) mass is 641 g/mol. The number of ether oxygens (including phenoxy) is 1. The van der Waals surface area contributed by atoms with Crippen LogP contribution in [0.15, 0.2) is 42.7 Å². The molecule has 2 atom stereocenters. The second-order valence-electron chi connectivity index (χ2n) is 11.8. The number of fused-ring (bicyclic) bond motifs is 1. The summed E-state index contributed by atoms with van der Waals surface area (Å²) >= 11 is 12.6. The number of rotatable bonds is 9. The summed E-state index contributed by atoms with van der Waals surface area (Å²) in [6.07, 6.45) is 5.77. The van der Waals surface area contributed by atoms with E-state index in [1.54, 1.807) is 18.5 Å². The van der Waals surface area contributed by atoms with Gasteiger partial charge < -0.3 is 25.2 Å². The quantitative estimate of drug-likeness (QED) is 0.320. The van der Waals surface area contributed by atoms with Crippen LogP contribution in [0.25, 0.3) is 11.3 Å². The number of aliphatic hydroxyl groups excluding tert-OH is 2. The maximum absolute atomic E-state index is 11.4. The zero-order valence-corrected chi connectivity index (χ0v) is 25.9. The van der Waals surface area contributed by atoms with Crippen LogP contribution in [-0.4, -0.2) is 105 Å². The van der Waals surface area contributed by atoms with Crippen molar-refractivity contribution in [3.8, 4) is 22.9 Å². The molecule has 11 nitrogen and oxygen atoms in total. The number of anilines is 1. The van der Waals surface area contributed by atoms with E-state index < -0.39 is 6.61 Å². The molecule has 1 amide bonds. The number of halogens is 2. The van der Waals surface area contributed by atoms with E-state index in [2.05, 4.69) is 30.0 Å². The van der Waals surface area contributed by atoms with Crippen molar-refractivity contribution in [2.45, 2.75) is 38.0 Å². The summed E-state index contributed by atoms with van der Waals surface area (Å²) in [5.74, 6) is 1.60. The number of pyridine rings is 1. The van der Waals surface area contributed by atoms with Crippen LogP contribution in [0.1, 0.15) is 24.8 Å². The minimum Gasteiger partial charge on any atom is -0.436 e. The van der Waals surface area contributed by atoms with Crippen molar-refractivity contribution in [2.24, 2.45) is 5.92 Å². The Morgan fingerprint density at radius 1 is 1.00 bits per heavy atom. The van der Waals surface area contributed by atoms with Crippen LogP contribution in [0, 0.1) is 5.92 Å². The average molecular weight is 643 g/mol. The lowest BCUT2D eigenvalue weighted by molar-refractivity contribution is -0.124. The molecule has 234 valence electrons. The molecule has 3 aliphatic heterocycles. The highest BCUT2D eigenvalue weighted by atomic mass is 35.5. The summed E-state index contributed by atoms with van der Waals surface area (Å²) < 4.78 is 6.20. The fourth-order valence-electron chi connectivity index (χ4n) is 6.32. The number of amides is 1. The van der Waals surface area contributed by atoms with Crippen molar-refractivity contribution in [1.29, 1.82) is 0 Å². The molecule has 1 aromatic carbocycles. The number of piperazine rings is 1. The van der Waals surface area contributed by atoms with Crippen molar-refractivity contribution in [3.63, 3.8) is 0 Å². The van der Waals surface area contributed by atoms with Gasteiger partial charge in [-0.1, -0.05) is 23.2 Å². The largest absolute Gasteiger partial charge is 0.436 e. The molecule has 3 fully saturated rings. The van der Waals surface area contributed by atoms with E-state index in [1.165, 1.54) is 0 Å². The van der Waals surface area contributed by atoms with E-state index in [1.807, 2.05) is 24.3 Å². The summed E-state index contributed by atoms with van der Waals surface area (Å²) in [5, 5.41) is 22.8. The fourth-order valence-corrected chi connectivity index (χ4v) is 6.84. The number of hydrogen-bond donors (Lipinski definition) is 3. The van der Waals surface area contributed by atoms with Crippen molar-refractivity contribution < 1.29 is 19.7 Å². The van der Waals surface area contributed by atoms with Crippen LogP contribution < -0.4 is 15.0 Å². The Morgan fingerprint density at radius 2 is 1.75 bits per heavy atom. The summed E-state index contributed by atoms with van der Waals surface area (Å²) in [5.41, 5.74) is 2.51. The topological polar surface area (TPSA) is 127 Å². The Hall–Kier alpha value is -3.06. The van der Waals surface area contributed by atoms with Gasteiger partial charge in [0.15, 0.2) is 5.75 Å². The predicted molar refractivity (Wildman–Crippen MR) is 168 cm³/mol. The maximum Gasteiger partial charge on any atom is 0.245 e. The molecular formula is C31H37Cl2N7O4. The number of likely N-dealkylation sites (tertiary alicyclic amines) is 1. The fraction of sp³-hybridized carbons (Fsp3) is 0.484. The number of benzene rings is 1. The van der Waals surface area contributed by atoms with E-state index in [0.717, 1.165) is 69.7 Å². The molecule has 5 heterocycles. The van der Waals surface area contributed by atoms with Gasteiger partial charge in [-0.25, -0.2) is 15.0 Å². The smallest absolute Gasteiger partial charge is 0.245 e. The average Bonchev–Trinajstić information content (AvgIpc) is 3.39. The molecule has 0 radical (unpaired) electrons. The molecule has 3 aliphatic rings. The van der Waals surface area contributed by atoms with E-state index in [9.17, 15) is 9.90 Å². The van der Waals surface area contributed by atoms with Crippen LogP contribution in [-0.2, 0) is 11.3 Å². The molecule has 3 N–H and O–H groups in total. The highest BCUT2D eigenvalue weighted by Gasteiger charge is 2.36. The van der Waals surface area contributed by atoms with Crippen LogP contribution in [0.2, 0.25) is 10.0 Å². The predicted octanol–water partition coefficient (Wildman–Crippen LogP) is 3.21. The lowest BCUT2D eigenvalue weighted by Gasteiger charge is -2.37. The van der Waals surface area contributed by atoms with Gasteiger partial charge in [0.05, 0.1) is 24.2 Å². The molecule has 3 aromatic rings. The third kappa shape index (κ3) is 7.77. The van der Waals surface area contributed by atoms with E-state index >= 15 is 0 Å². The van der Waals surface area contributed by atoms with Crippen LogP contribution in [0.3, 0.4) is 0 Å². The number of nitrogens with one attached hydrogen (secondary N) is 1. The van der Waals surface area contributed by atoms with Crippen LogP contribution in [0.5, 0.6) is 11.6 Å². The van der Waals surface area contributed by atoms with Gasteiger partial charge in [-0.15, -0.1) is 0 Å². The number of nitrogens with zero attached hydrogens (tertiary/aromatic N) is 6. The first-order valence-corrected chi connectivity index (χ1v) is 15.8. The van der Waals surface area contributed by atoms with Crippen molar-refractivity contribution in [2.75, 3.05) is 57.3 Å². The van der Waals surface area contributed by atoms with Crippen molar-refractivity contribution in [1.82, 2.24) is 30.1 Å². The van der Waals surface area contributed by atoms with E-state index in [-0.39, 0.29) is 12.0 Å². The highest BCUT2D eigenvalue weighted by molar-refractivity contribution is 6.35. The first-order valence-electron chi connectivity index (χ1n) is 15.1. The standard InChI is InChI=1S/C31H37Cl2N7O4/c32-23-9-22(10-24(33)11-23)28-7-21(16-38-3-1-20(2-4-38)13-34-29(43)19-41)8-30(37-28)44-27-14-35-31(36-15-27)40-6-5-39-18-26(42)12-25(39)17-40/h7-11,14-15,20,25-26,41-42H,1-6,12-13,16-19H2,(H,34,43). The zero-order chi connectivity index (χ0) is 30.6. The number of piperidine rings is 1. The van der Waals surface area contributed by atoms with Gasteiger partial charge in [-0.3, -0.25) is 14.6 Å². The SMILES string of the molecule is O=C(CO)NCC1CCN(Cc2cc(Oc3cnc(N4CCN5CC(O)CC5C4)nc3)nc(-c3cc(Cl)cc(Cl)c3)c2)CC1. The van der Waals surface area contributed by atoms with E-state index in [4.69, 9.17) is 38.0 Å². The van der Waals surface area contributed by atoms with Crippen molar-refractivity contribution in [3.05, 3.63) is 58.3 Å². The van der Waals surface area contributed by atoms with Gasteiger partial charge in [0.25, 0.3) is 0 Å². The third-order valence-electron chi connectivity index (χ3n) is 8.58. The number of carbonyl (C=O) groups excluding carboxylic acids is 1. The third-order valence-corrected chi connectivity index (χ3v) is 9.02. The van der Waals surface area contributed by atoms with Gasteiger partial charge in [0.1, 0.15) is 6.61 Å². The lowest BCUT2D eigenvalue weighted by Crippen LogP contribution is -2.50. The molecular weight excluding hydrogens is 605 g/mol. The molecule has 6 rings (SSSR count). The lowest BCUT2D eigenvalue weighted by atomic mass is 9.96. The Labute approximate surface area is 266 Å². The molecule has 44 heavy (non-hydrogen) atoms. The highest BCUT2D eigenvalue weighted by Crippen LogP contribution is 2.31. The molecule has 13 heteroatoms. The molecule has 0 saturated carbocycles. The zero-order valence-electron chi connectivity index (χ0n) is 24.4. The minimum absolute atomic E-state index is 0.258. The van der Waals surface area contributed by atoms with Crippen molar-refractivity contribution >= 4 is 35.1 Å². The van der Waals surface area contributed by atoms with Gasteiger partial charge in [0.2, 0.25) is 17.7 Å². The Morgan fingerprint density at radius 3 is 2.48 bits per heavy atom. The minimum atomic E-state index is -0.481. The van der Waals surface area contributed by atoms with Gasteiger partial charge in [-0.05, 0) is 68.1 Å². The Bertz CT molecular complexity index is 1440. The first-order chi connectivity index (χ1) is 21.3. The van der Waals surface area contributed by atoms with Gasteiger partial charge >= 0.3 is 0 Å². The first kappa shape index (κ1) is 30.9. The molecule has 0 spiro atoms. The summed E-state index contributed by atoms with van der Waals surface area (Å²) in [4.78, 5) is 32.2. The number of carbonyl (C=O) groups is 1. The van der Waals surface area contributed by atoms with Gasteiger partial charge in [0, 0.05) is 67.0 Å².